The Morgan fingerprint density at radius 1 is 1.08 bits per heavy atom. The van der Waals surface area contributed by atoms with Crippen LogP contribution in [-0.4, -0.2) is 44.4 Å². The summed E-state index contributed by atoms with van der Waals surface area (Å²) in [7, 11) is 0. The van der Waals surface area contributed by atoms with Crippen LogP contribution in [0.3, 0.4) is 0 Å². The molecule has 24 heavy (non-hydrogen) atoms. The first kappa shape index (κ1) is 13.7. The Labute approximate surface area is 139 Å². The molecule has 5 rings (SSSR count). The van der Waals surface area contributed by atoms with Crippen molar-refractivity contribution in [1.29, 1.82) is 0 Å². The van der Waals surface area contributed by atoms with Gasteiger partial charge in [-0.3, -0.25) is 0 Å². The van der Waals surface area contributed by atoms with Crippen molar-refractivity contribution in [1.82, 2.24) is 24.8 Å². The van der Waals surface area contributed by atoms with Crippen LogP contribution in [0.2, 0.25) is 0 Å². The molecule has 0 aromatic carbocycles. The highest BCUT2D eigenvalue weighted by Gasteiger charge is 2.29. The number of fused-ring (bicyclic) bond motifs is 1. The molecule has 1 aliphatic heterocycles. The van der Waals surface area contributed by atoms with Gasteiger partial charge < -0.3 is 10.2 Å². The van der Waals surface area contributed by atoms with Crippen LogP contribution in [0.4, 0.5) is 11.6 Å². The van der Waals surface area contributed by atoms with Gasteiger partial charge in [-0.15, -0.1) is 5.10 Å². The standard InChI is InChI=1S/C17H19N7/c1-2-13(1)14-3-4-16(22-21-14)23-10-12(11-23)9-19-17-15-5-6-20-24(15)8-7-18-17/h3-8,12-13H,1-2,9-11H2,(H,18,19). The maximum Gasteiger partial charge on any atom is 0.152 e. The average Bonchev–Trinajstić information content (AvgIpc) is 3.31. The molecule has 7 nitrogen and oxygen atoms in total. The van der Waals surface area contributed by atoms with E-state index in [4.69, 9.17) is 0 Å². The van der Waals surface area contributed by atoms with Gasteiger partial charge in [0.05, 0.1) is 11.9 Å². The summed E-state index contributed by atoms with van der Waals surface area (Å²) >= 11 is 0. The number of hydrogen-bond donors (Lipinski definition) is 1. The quantitative estimate of drug-likeness (QED) is 0.774. The van der Waals surface area contributed by atoms with Gasteiger partial charge in [0.25, 0.3) is 0 Å². The highest BCUT2D eigenvalue weighted by atomic mass is 15.3. The van der Waals surface area contributed by atoms with Gasteiger partial charge in [-0.1, -0.05) is 0 Å². The average molecular weight is 321 g/mol. The van der Waals surface area contributed by atoms with Crippen molar-refractivity contribution in [3.8, 4) is 0 Å². The molecule has 1 saturated heterocycles. The van der Waals surface area contributed by atoms with E-state index in [0.29, 0.717) is 11.8 Å². The van der Waals surface area contributed by atoms with Crippen LogP contribution in [-0.2, 0) is 0 Å². The van der Waals surface area contributed by atoms with E-state index in [1.807, 2.05) is 16.8 Å². The Balaban J connectivity index is 1.17. The number of rotatable bonds is 5. The number of hydrogen-bond acceptors (Lipinski definition) is 6. The monoisotopic (exact) mass is 321 g/mol. The second kappa shape index (κ2) is 5.43. The van der Waals surface area contributed by atoms with Crippen LogP contribution >= 0.6 is 0 Å². The predicted molar refractivity (Wildman–Crippen MR) is 91.2 cm³/mol. The lowest BCUT2D eigenvalue weighted by atomic mass is 10.0. The second-order valence-electron chi connectivity index (χ2n) is 6.68. The molecule has 3 aromatic rings. The van der Waals surface area contributed by atoms with Crippen molar-refractivity contribution >= 4 is 17.2 Å². The number of aromatic nitrogens is 5. The van der Waals surface area contributed by atoms with E-state index in [9.17, 15) is 0 Å². The summed E-state index contributed by atoms with van der Waals surface area (Å²) < 4.78 is 1.83. The lowest BCUT2D eigenvalue weighted by Gasteiger charge is -2.40. The zero-order chi connectivity index (χ0) is 15.9. The SMILES string of the molecule is c1cn2nccc2c(NCC2CN(c3ccc(C4CC4)nn3)C2)n1. The van der Waals surface area contributed by atoms with Gasteiger partial charge in [0.1, 0.15) is 5.52 Å². The summed E-state index contributed by atoms with van der Waals surface area (Å²) in [5, 5.41) is 16.4. The first-order valence-corrected chi connectivity index (χ1v) is 8.47. The molecule has 0 atom stereocenters. The first-order chi connectivity index (χ1) is 11.9. The van der Waals surface area contributed by atoms with Crippen LogP contribution in [0.25, 0.3) is 5.52 Å². The van der Waals surface area contributed by atoms with E-state index >= 15 is 0 Å². The molecule has 2 fully saturated rings. The van der Waals surface area contributed by atoms with Crippen molar-refractivity contribution in [2.45, 2.75) is 18.8 Å². The van der Waals surface area contributed by atoms with Gasteiger partial charge in [0.15, 0.2) is 11.6 Å². The fourth-order valence-electron chi connectivity index (χ4n) is 3.22. The number of nitrogens with one attached hydrogen (secondary N) is 1. The summed E-state index contributed by atoms with van der Waals surface area (Å²) in [5.41, 5.74) is 2.16. The molecule has 0 radical (unpaired) electrons. The molecule has 0 unspecified atom stereocenters. The van der Waals surface area contributed by atoms with Gasteiger partial charge >= 0.3 is 0 Å². The summed E-state index contributed by atoms with van der Waals surface area (Å²) in [5.74, 6) is 3.15. The third-order valence-electron chi connectivity index (χ3n) is 4.83. The van der Waals surface area contributed by atoms with Gasteiger partial charge in [0.2, 0.25) is 0 Å². The van der Waals surface area contributed by atoms with E-state index in [-0.39, 0.29) is 0 Å². The van der Waals surface area contributed by atoms with Crippen LogP contribution in [0.15, 0.2) is 36.8 Å². The normalized spacial score (nSPS) is 17.9. The predicted octanol–water partition coefficient (Wildman–Crippen LogP) is 1.94. The molecule has 1 saturated carbocycles. The highest BCUT2D eigenvalue weighted by molar-refractivity contribution is 5.66. The van der Waals surface area contributed by atoms with E-state index < -0.39 is 0 Å². The second-order valence-corrected chi connectivity index (χ2v) is 6.68. The van der Waals surface area contributed by atoms with Crippen molar-refractivity contribution in [3.63, 3.8) is 0 Å². The molecule has 0 spiro atoms. The van der Waals surface area contributed by atoms with Crippen LogP contribution in [0, 0.1) is 5.92 Å². The Bertz CT molecular complexity index is 847. The Morgan fingerprint density at radius 2 is 2.00 bits per heavy atom. The number of nitrogens with zero attached hydrogens (tertiary/aromatic N) is 6. The van der Waals surface area contributed by atoms with Crippen LogP contribution in [0.1, 0.15) is 24.5 Å². The number of anilines is 2. The molecule has 1 N–H and O–H groups in total. The molecule has 2 aliphatic rings. The Morgan fingerprint density at radius 3 is 2.79 bits per heavy atom. The van der Waals surface area contributed by atoms with E-state index in [1.54, 1.807) is 12.4 Å². The Kier molecular flexibility index (Phi) is 3.11. The van der Waals surface area contributed by atoms with Crippen molar-refractivity contribution < 1.29 is 0 Å². The molecule has 7 heteroatoms. The molecular formula is C17H19N7. The van der Waals surface area contributed by atoms with Gasteiger partial charge in [0, 0.05) is 43.9 Å². The smallest absolute Gasteiger partial charge is 0.152 e. The zero-order valence-corrected chi connectivity index (χ0v) is 13.3. The summed E-state index contributed by atoms with van der Waals surface area (Å²) in [6.07, 6.45) is 7.95. The van der Waals surface area contributed by atoms with E-state index in [2.05, 4.69) is 42.6 Å². The summed E-state index contributed by atoms with van der Waals surface area (Å²) in [6.45, 7) is 2.92. The largest absolute Gasteiger partial charge is 0.368 e. The molecule has 1 aliphatic carbocycles. The minimum Gasteiger partial charge on any atom is -0.368 e. The topological polar surface area (TPSA) is 71.2 Å². The fourth-order valence-corrected chi connectivity index (χ4v) is 3.22. The Hall–Kier alpha value is -2.70. The molecule has 122 valence electrons. The first-order valence-electron chi connectivity index (χ1n) is 8.47. The summed E-state index contributed by atoms with van der Waals surface area (Å²) in [4.78, 5) is 6.69. The molecule has 3 aromatic heterocycles. The molecular weight excluding hydrogens is 302 g/mol. The third-order valence-corrected chi connectivity index (χ3v) is 4.83. The van der Waals surface area contributed by atoms with Crippen molar-refractivity contribution in [2.75, 3.05) is 29.9 Å². The maximum atomic E-state index is 4.41. The van der Waals surface area contributed by atoms with E-state index in [0.717, 1.165) is 42.5 Å². The summed E-state index contributed by atoms with van der Waals surface area (Å²) in [6, 6.07) is 6.22. The molecule has 0 bridgehead atoms. The van der Waals surface area contributed by atoms with Crippen LogP contribution < -0.4 is 10.2 Å². The molecule has 0 amide bonds. The van der Waals surface area contributed by atoms with Crippen molar-refractivity contribution in [2.24, 2.45) is 5.92 Å². The highest BCUT2D eigenvalue weighted by Crippen LogP contribution is 2.39. The van der Waals surface area contributed by atoms with Gasteiger partial charge in [-0.2, -0.15) is 10.2 Å². The van der Waals surface area contributed by atoms with Gasteiger partial charge in [-0.25, -0.2) is 9.50 Å². The van der Waals surface area contributed by atoms with E-state index in [1.165, 1.54) is 12.8 Å². The zero-order valence-electron chi connectivity index (χ0n) is 13.3. The minimum atomic E-state index is 0.597. The third kappa shape index (κ3) is 2.46. The van der Waals surface area contributed by atoms with Gasteiger partial charge in [-0.05, 0) is 31.0 Å². The minimum absolute atomic E-state index is 0.597. The lowest BCUT2D eigenvalue weighted by Crippen LogP contribution is -2.50. The fraction of sp³-hybridized carbons (Fsp3) is 0.412. The molecule has 4 heterocycles. The maximum absolute atomic E-state index is 4.41. The van der Waals surface area contributed by atoms with Crippen molar-refractivity contribution in [3.05, 3.63) is 42.5 Å². The lowest BCUT2D eigenvalue weighted by molar-refractivity contribution is 0.425. The van der Waals surface area contributed by atoms with Crippen LogP contribution in [0.5, 0.6) is 0 Å².